The van der Waals surface area contributed by atoms with Gasteiger partial charge in [0.05, 0.1) is 5.69 Å². The number of aromatic nitrogens is 1. The molecule has 0 amide bonds. The molecule has 2 aromatic carbocycles. The molecule has 0 saturated carbocycles. The Morgan fingerprint density at radius 3 is 2.88 bits per heavy atom. The summed E-state index contributed by atoms with van der Waals surface area (Å²) in [6.45, 7) is 2.92. The Morgan fingerprint density at radius 1 is 1.20 bits per heavy atom. The Bertz CT molecular complexity index is 884. The van der Waals surface area contributed by atoms with Gasteiger partial charge in [0.25, 0.3) is 0 Å². The number of hydrogen-bond acceptors (Lipinski definition) is 4. The van der Waals surface area contributed by atoms with E-state index < -0.39 is 0 Å². The quantitative estimate of drug-likeness (QED) is 0.726. The maximum Gasteiger partial charge on any atom is 0.240 e. The van der Waals surface area contributed by atoms with E-state index in [0.717, 1.165) is 41.2 Å². The number of hydrogen-bond donors (Lipinski definition) is 1. The minimum atomic E-state index is -0.375. The van der Waals surface area contributed by atoms with Crippen LogP contribution in [0.4, 0.5) is 5.69 Å². The van der Waals surface area contributed by atoms with Crippen molar-refractivity contribution in [2.45, 2.75) is 19.4 Å². The highest BCUT2D eigenvalue weighted by molar-refractivity contribution is 5.71. The molecule has 3 aromatic rings. The maximum absolute atomic E-state index is 6.29. The van der Waals surface area contributed by atoms with Gasteiger partial charge in [-0.3, -0.25) is 0 Å². The second-order valence-electron chi connectivity index (χ2n) is 5.97. The van der Waals surface area contributed by atoms with Crippen LogP contribution >= 0.6 is 0 Å². The largest absolute Gasteiger partial charge is 0.476 e. The van der Waals surface area contributed by atoms with Crippen molar-refractivity contribution in [1.29, 1.82) is 0 Å². The molecule has 1 atom stereocenters. The Morgan fingerprint density at radius 2 is 2.08 bits per heavy atom. The van der Waals surface area contributed by atoms with Crippen LogP contribution in [-0.4, -0.2) is 11.5 Å². The Labute approximate surface area is 147 Å². The topological polar surface area (TPSA) is 47.3 Å². The molecular weight excluding hydrogens is 312 g/mol. The summed E-state index contributed by atoms with van der Waals surface area (Å²) in [6, 6.07) is 16.1. The number of benzene rings is 2. The summed E-state index contributed by atoms with van der Waals surface area (Å²) < 4.78 is 12.0. The normalized spacial score (nSPS) is 13.8. The van der Waals surface area contributed by atoms with Gasteiger partial charge in [-0.25, -0.2) is 4.98 Å². The van der Waals surface area contributed by atoms with Crippen molar-refractivity contribution in [3.05, 3.63) is 83.6 Å². The SMILES string of the molecule is CCc1coc(C(Oc2ccc3c(c2)C=CCN3)c2ccccc2)n1. The second kappa shape index (κ2) is 6.85. The fourth-order valence-electron chi connectivity index (χ4n) is 2.90. The molecule has 4 heteroatoms. The minimum Gasteiger partial charge on any atom is -0.476 e. The number of nitrogens with zero attached hydrogens (tertiary/aromatic N) is 1. The molecular formula is C21H20N2O2. The maximum atomic E-state index is 6.29. The number of ether oxygens (including phenoxy) is 1. The average molecular weight is 332 g/mol. The molecule has 4 nitrogen and oxygen atoms in total. The van der Waals surface area contributed by atoms with Crippen LogP contribution in [0.2, 0.25) is 0 Å². The van der Waals surface area contributed by atoms with Crippen molar-refractivity contribution >= 4 is 11.8 Å². The highest BCUT2D eigenvalue weighted by Crippen LogP contribution is 2.31. The zero-order valence-electron chi connectivity index (χ0n) is 14.1. The Balaban J connectivity index is 1.68. The summed E-state index contributed by atoms with van der Waals surface area (Å²) in [5.41, 5.74) is 4.18. The first-order valence-electron chi connectivity index (χ1n) is 8.54. The van der Waals surface area contributed by atoms with Crippen molar-refractivity contribution in [2.24, 2.45) is 0 Å². The molecule has 1 unspecified atom stereocenters. The second-order valence-corrected chi connectivity index (χ2v) is 5.97. The molecule has 2 heterocycles. The first-order valence-corrected chi connectivity index (χ1v) is 8.54. The van der Waals surface area contributed by atoms with E-state index in [4.69, 9.17) is 9.15 Å². The van der Waals surface area contributed by atoms with Crippen molar-refractivity contribution < 1.29 is 9.15 Å². The van der Waals surface area contributed by atoms with Gasteiger partial charge in [-0.1, -0.05) is 49.4 Å². The van der Waals surface area contributed by atoms with Gasteiger partial charge in [-0.05, 0) is 24.6 Å². The minimum absolute atomic E-state index is 0.375. The fourth-order valence-corrected chi connectivity index (χ4v) is 2.90. The molecule has 4 rings (SSSR count). The van der Waals surface area contributed by atoms with E-state index in [1.807, 2.05) is 48.5 Å². The van der Waals surface area contributed by atoms with Crippen LogP contribution in [0.1, 0.15) is 35.7 Å². The smallest absolute Gasteiger partial charge is 0.240 e. The van der Waals surface area contributed by atoms with E-state index in [9.17, 15) is 0 Å². The van der Waals surface area contributed by atoms with Gasteiger partial charge in [-0.15, -0.1) is 0 Å². The molecule has 0 bridgehead atoms. The summed E-state index contributed by atoms with van der Waals surface area (Å²) in [5.74, 6) is 1.37. The fraction of sp³-hybridized carbons (Fsp3) is 0.190. The lowest BCUT2D eigenvalue weighted by Crippen LogP contribution is -2.11. The molecule has 0 radical (unpaired) electrons. The third-order valence-electron chi connectivity index (χ3n) is 4.24. The molecule has 126 valence electrons. The van der Waals surface area contributed by atoms with Crippen molar-refractivity contribution in [2.75, 3.05) is 11.9 Å². The molecule has 0 aliphatic carbocycles. The van der Waals surface area contributed by atoms with Crippen LogP contribution in [0.5, 0.6) is 5.75 Å². The average Bonchev–Trinajstić information content (AvgIpc) is 3.15. The zero-order chi connectivity index (χ0) is 17.1. The number of rotatable bonds is 5. The van der Waals surface area contributed by atoms with Gasteiger partial charge < -0.3 is 14.5 Å². The van der Waals surface area contributed by atoms with E-state index in [2.05, 4.69) is 29.4 Å². The molecule has 1 aliphatic heterocycles. The number of nitrogens with one attached hydrogen (secondary N) is 1. The van der Waals surface area contributed by atoms with Crippen LogP contribution in [0, 0.1) is 0 Å². The Kier molecular flexibility index (Phi) is 4.25. The monoisotopic (exact) mass is 332 g/mol. The predicted molar refractivity (Wildman–Crippen MR) is 98.8 cm³/mol. The summed E-state index contributed by atoms with van der Waals surface area (Å²) >= 11 is 0. The molecule has 1 aliphatic rings. The Hall–Kier alpha value is -3.01. The summed E-state index contributed by atoms with van der Waals surface area (Å²) in [4.78, 5) is 4.57. The zero-order valence-corrected chi connectivity index (χ0v) is 14.1. The van der Waals surface area contributed by atoms with E-state index in [-0.39, 0.29) is 6.10 Å². The lowest BCUT2D eigenvalue weighted by Gasteiger charge is -2.19. The van der Waals surface area contributed by atoms with Crippen LogP contribution in [0.15, 0.2) is 65.3 Å². The van der Waals surface area contributed by atoms with E-state index in [1.165, 1.54) is 0 Å². The molecule has 0 saturated heterocycles. The van der Waals surface area contributed by atoms with Gasteiger partial charge in [0.1, 0.15) is 12.0 Å². The number of anilines is 1. The first-order chi connectivity index (χ1) is 12.3. The van der Waals surface area contributed by atoms with Crippen molar-refractivity contribution in [1.82, 2.24) is 4.98 Å². The highest BCUT2D eigenvalue weighted by Gasteiger charge is 2.22. The number of fused-ring (bicyclic) bond motifs is 1. The van der Waals surface area contributed by atoms with Gasteiger partial charge in [0, 0.05) is 23.4 Å². The van der Waals surface area contributed by atoms with Gasteiger partial charge in [0.2, 0.25) is 5.89 Å². The predicted octanol–water partition coefficient (Wildman–Crippen LogP) is 4.84. The lowest BCUT2D eigenvalue weighted by atomic mass is 10.1. The third kappa shape index (κ3) is 3.29. The standard InChI is InChI=1S/C21H20N2O2/c1-2-17-14-24-21(23-17)20(15-7-4-3-5-8-15)25-18-10-11-19-16(13-18)9-6-12-22-19/h3-11,13-14,20,22H,2,12H2,1H3. The lowest BCUT2D eigenvalue weighted by molar-refractivity contribution is 0.208. The van der Waals surface area contributed by atoms with Crippen LogP contribution in [-0.2, 0) is 6.42 Å². The number of aryl methyl sites for hydroxylation is 1. The van der Waals surface area contributed by atoms with E-state index in [1.54, 1.807) is 6.26 Å². The first kappa shape index (κ1) is 15.5. The van der Waals surface area contributed by atoms with Gasteiger partial charge in [-0.2, -0.15) is 0 Å². The van der Waals surface area contributed by atoms with E-state index in [0.29, 0.717) is 5.89 Å². The third-order valence-corrected chi connectivity index (χ3v) is 4.24. The van der Waals surface area contributed by atoms with Crippen LogP contribution in [0.25, 0.3) is 6.08 Å². The number of oxazole rings is 1. The van der Waals surface area contributed by atoms with Crippen molar-refractivity contribution in [3.63, 3.8) is 0 Å². The molecule has 0 fully saturated rings. The molecule has 0 spiro atoms. The molecule has 1 aromatic heterocycles. The highest BCUT2D eigenvalue weighted by atomic mass is 16.5. The van der Waals surface area contributed by atoms with Crippen molar-refractivity contribution in [3.8, 4) is 5.75 Å². The van der Waals surface area contributed by atoms with Crippen LogP contribution in [0.3, 0.4) is 0 Å². The van der Waals surface area contributed by atoms with E-state index >= 15 is 0 Å². The van der Waals surface area contributed by atoms with Gasteiger partial charge >= 0.3 is 0 Å². The molecule has 25 heavy (non-hydrogen) atoms. The van der Waals surface area contributed by atoms with Crippen LogP contribution < -0.4 is 10.1 Å². The van der Waals surface area contributed by atoms with Gasteiger partial charge in [0.15, 0.2) is 6.10 Å². The molecule has 1 N–H and O–H groups in total. The summed E-state index contributed by atoms with van der Waals surface area (Å²) in [6.07, 6.45) is 6.37. The summed E-state index contributed by atoms with van der Waals surface area (Å²) in [5, 5.41) is 3.34. The summed E-state index contributed by atoms with van der Waals surface area (Å²) in [7, 11) is 0.